The zero-order chi connectivity index (χ0) is 20.6. The van der Waals surface area contributed by atoms with E-state index in [9.17, 15) is 30.5 Å². The van der Waals surface area contributed by atoms with E-state index >= 15 is 0 Å². The van der Waals surface area contributed by atoms with Gasteiger partial charge < -0.3 is 14.3 Å². The molecule has 0 aliphatic heterocycles. The van der Waals surface area contributed by atoms with Crippen molar-refractivity contribution in [3.8, 4) is 5.75 Å². The first-order valence-corrected chi connectivity index (χ1v) is 10.5. The first kappa shape index (κ1) is 20.3. The molecule has 0 aliphatic carbocycles. The van der Waals surface area contributed by atoms with Gasteiger partial charge in [0.2, 0.25) is 0 Å². The summed E-state index contributed by atoms with van der Waals surface area (Å²) in [7, 11) is -4.36. The van der Waals surface area contributed by atoms with Gasteiger partial charge in [0.1, 0.15) is 11.2 Å². The van der Waals surface area contributed by atoms with Crippen molar-refractivity contribution < 1.29 is 35.3 Å². The van der Waals surface area contributed by atoms with E-state index in [2.05, 4.69) is 9.72 Å². The molecular formula is C16H12F4N2O4S2. The summed E-state index contributed by atoms with van der Waals surface area (Å²) >= 11 is -1.28. The van der Waals surface area contributed by atoms with Crippen molar-refractivity contribution in [3.05, 3.63) is 48.2 Å². The Morgan fingerprint density at radius 3 is 2.54 bits per heavy atom. The molecule has 1 atom stereocenters. The Morgan fingerprint density at radius 2 is 1.89 bits per heavy atom. The Morgan fingerprint density at radius 1 is 1.18 bits per heavy atom. The summed E-state index contributed by atoms with van der Waals surface area (Å²) in [6.45, 7) is -3.37. The summed E-state index contributed by atoms with van der Waals surface area (Å²) in [4.78, 5) is 2.91. The molecule has 0 spiro atoms. The fourth-order valence-corrected chi connectivity index (χ4v) is 4.25. The first-order chi connectivity index (χ1) is 13.1. The van der Waals surface area contributed by atoms with Crippen LogP contribution in [0.1, 0.15) is 0 Å². The summed E-state index contributed by atoms with van der Waals surface area (Å²) in [5, 5.41) is 0.236. The number of H-pyrrole nitrogens is 1. The third-order valence-corrected chi connectivity index (χ3v) is 6.04. The molecule has 2 N–H and O–H groups in total. The number of hydrogen-bond acceptors (Lipinski definition) is 4. The predicted octanol–water partition coefficient (Wildman–Crippen LogP) is 3.59. The molecule has 1 unspecified atom stereocenters. The summed E-state index contributed by atoms with van der Waals surface area (Å²) in [5.74, 6) is -3.72. The summed E-state index contributed by atoms with van der Waals surface area (Å²) in [5.41, 5.74) is -0.403. The minimum atomic E-state index is -4.36. The molecule has 0 bridgehead atoms. The number of hydrogen-bond donors (Lipinski definition) is 2. The molecule has 12 heteroatoms. The normalized spacial score (nSPS) is 13.1. The molecule has 0 saturated carbocycles. The molecule has 1 heterocycles. The number of anilines is 1. The maximum absolute atomic E-state index is 14.0. The molecule has 0 saturated heterocycles. The fourth-order valence-electron chi connectivity index (χ4n) is 2.47. The largest absolute Gasteiger partial charge is 0.612 e. The zero-order valence-corrected chi connectivity index (χ0v) is 15.6. The average molecular weight is 436 g/mol. The molecule has 0 amide bonds. The van der Waals surface area contributed by atoms with Crippen molar-refractivity contribution in [2.45, 2.75) is 16.4 Å². The van der Waals surface area contributed by atoms with E-state index < -0.39 is 50.9 Å². The van der Waals surface area contributed by atoms with Gasteiger partial charge in [-0.2, -0.15) is 8.78 Å². The van der Waals surface area contributed by atoms with Crippen LogP contribution in [0.5, 0.6) is 5.75 Å². The molecule has 0 aliphatic rings. The third-order valence-electron chi connectivity index (χ3n) is 3.72. The van der Waals surface area contributed by atoms with Crippen LogP contribution in [0.2, 0.25) is 0 Å². The van der Waals surface area contributed by atoms with Crippen LogP contribution in [0, 0.1) is 11.6 Å². The van der Waals surface area contributed by atoms with Gasteiger partial charge in [0, 0.05) is 29.8 Å². The first-order valence-electron chi connectivity index (χ1n) is 7.49. The highest BCUT2D eigenvalue weighted by atomic mass is 32.2. The second kappa shape index (κ2) is 7.53. The van der Waals surface area contributed by atoms with Crippen molar-refractivity contribution in [1.29, 1.82) is 0 Å². The molecule has 3 aromatic rings. The quantitative estimate of drug-likeness (QED) is 0.456. The monoisotopic (exact) mass is 436 g/mol. The van der Waals surface area contributed by atoms with Crippen LogP contribution in [0.3, 0.4) is 0 Å². The SMILES string of the molecule is C[S+]([O-])c1ccc2c(S(=O)(=O)Nc3cc(F)c(OC(F)F)cc3F)c[nH]c2c1. The Bertz CT molecular complexity index is 1130. The van der Waals surface area contributed by atoms with E-state index in [1.807, 2.05) is 4.72 Å². The van der Waals surface area contributed by atoms with Gasteiger partial charge in [0.15, 0.2) is 22.3 Å². The minimum Gasteiger partial charge on any atom is -0.612 e. The standard InChI is InChI=1S/C16H12F4N2O4S2/c1-27(23)8-2-3-9-12(4-8)21-7-15(9)28(24,25)22-13-5-11(18)14(6-10(13)17)26-16(19)20/h2-7,16,21-22H,1H3. The maximum Gasteiger partial charge on any atom is 0.387 e. The summed E-state index contributed by atoms with van der Waals surface area (Å²) in [6, 6.07) is 5.12. The highest BCUT2D eigenvalue weighted by Crippen LogP contribution is 2.30. The van der Waals surface area contributed by atoms with Crippen molar-refractivity contribution in [2.75, 3.05) is 11.0 Å². The van der Waals surface area contributed by atoms with Gasteiger partial charge in [-0.1, -0.05) is 0 Å². The van der Waals surface area contributed by atoms with Crippen LogP contribution >= 0.6 is 0 Å². The lowest BCUT2D eigenvalue weighted by Gasteiger charge is -2.11. The maximum atomic E-state index is 14.0. The lowest BCUT2D eigenvalue weighted by atomic mass is 10.2. The molecule has 0 fully saturated rings. The molecule has 28 heavy (non-hydrogen) atoms. The minimum absolute atomic E-state index is 0.236. The van der Waals surface area contributed by atoms with Crippen LogP contribution in [0.25, 0.3) is 10.9 Å². The van der Waals surface area contributed by atoms with Gasteiger partial charge in [0.25, 0.3) is 10.0 Å². The number of alkyl halides is 2. The van der Waals surface area contributed by atoms with E-state index in [1.165, 1.54) is 24.5 Å². The highest BCUT2D eigenvalue weighted by molar-refractivity contribution is 7.93. The van der Waals surface area contributed by atoms with Gasteiger partial charge in [0.05, 0.1) is 11.2 Å². The molecule has 1 aromatic heterocycles. The van der Waals surface area contributed by atoms with E-state index in [0.717, 1.165) is 6.20 Å². The number of aromatic nitrogens is 1. The number of nitrogens with one attached hydrogen (secondary N) is 2. The summed E-state index contributed by atoms with van der Waals surface area (Å²) in [6.07, 6.45) is 2.60. The molecule has 2 aromatic carbocycles. The fraction of sp³-hybridized carbons (Fsp3) is 0.125. The van der Waals surface area contributed by atoms with Crippen molar-refractivity contribution in [2.24, 2.45) is 0 Å². The van der Waals surface area contributed by atoms with E-state index in [0.29, 0.717) is 22.5 Å². The van der Waals surface area contributed by atoms with Gasteiger partial charge in [-0.3, -0.25) is 4.72 Å². The molecule has 3 rings (SSSR count). The summed E-state index contributed by atoms with van der Waals surface area (Å²) < 4.78 is 94.6. The van der Waals surface area contributed by atoms with Crippen LogP contribution in [-0.2, 0) is 21.2 Å². The Hall–Kier alpha value is -2.44. The number of fused-ring (bicyclic) bond motifs is 1. The van der Waals surface area contributed by atoms with Gasteiger partial charge in [-0.05, 0) is 23.3 Å². The topological polar surface area (TPSA) is 94.2 Å². The van der Waals surface area contributed by atoms with E-state index in [-0.39, 0.29) is 10.3 Å². The molecule has 150 valence electrons. The third kappa shape index (κ3) is 4.03. The number of halogens is 4. The van der Waals surface area contributed by atoms with Crippen LogP contribution in [0.15, 0.2) is 46.3 Å². The van der Waals surface area contributed by atoms with E-state index in [1.54, 1.807) is 0 Å². The second-order valence-corrected chi connectivity index (χ2v) is 8.59. The number of ether oxygens (including phenoxy) is 1. The Balaban J connectivity index is 1.96. The lowest BCUT2D eigenvalue weighted by molar-refractivity contribution is -0.0523. The second-order valence-electron chi connectivity index (χ2n) is 5.56. The Kier molecular flexibility index (Phi) is 5.46. The van der Waals surface area contributed by atoms with Crippen molar-refractivity contribution >= 4 is 37.8 Å². The average Bonchev–Trinajstić information content (AvgIpc) is 3.02. The molecule has 0 radical (unpaired) electrons. The van der Waals surface area contributed by atoms with Crippen LogP contribution in [0.4, 0.5) is 23.2 Å². The van der Waals surface area contributed by atoms with E-state index in [4.69, 9.17) is 0 Å². The highest BCUT2D eigenvalue weighted by Gasteiger charge is 2.23. The van der Waals surface area contributed by atoms with Crippen LogP contribution in [-0.4, -0.2) is 30.8 Å². The number of benzene rings is 2. The van der Waals surface area contributed by atoms with Crippen LogP contribution < -0.4 is 9.46 Å². The smallest absolute Gasteiger partial charge is 0.387 e. The Labute approximate surface area is 159 Å². The molecule has 6 nitrogen and oxygen atoms in total. The number of aromatic amines is 1. The zero-order valence-electron chi connectivity index (χ0n) is 14.0. The molecular weight excluding hydrogens is 424 g/mol. The number of sulfonamides is 1. The van der Waals surface area contributed by atoms with Crippen molar-refractivity contribution in [1.82, 2.24) is 4.98 Å². The lowest BCUT2D eigenvalue weighted by Crippen LogP contribution is -2.14. The van der Waals surface area contributed by atoms with Gasteiger partial charge >= 0.3 is 6.61 Å². The number of rotatable bonds is 6. The van der Waals surface area contributed by atoms with Gasteiger partial charge in [-0.25, -0.2) is 17.2 Å². The van der Waals surface area contributed by atoms with Crippen molar-refractivity contribution in [3.63, 3.8) is 0 Å². The predicted molar refractivity (Wildman–Crippen MR) is 94.4 cm³/mol. The van der Waals surface area contributed by atoms with Gasteiger partial charge in [-0.15, -0.1) is 0 Å².